The van der Waals surface area contributed by atoms with Crippen LogP contribution in [0.25, 0.3) is 11.3 Å². The van der Waals surface area contributed by atoms with E-state index in [1.807, 2.05) is 12.1 Å². The number of halogens is 1. The smallest absolute Gasteiger partial charge is 0.172 e. The molecule has 0 saturated carbocycles. The number of benzene rings is 1. The van der Waals surface area contributed by atoms with Crippen LogP contribution in [0, 0.1) is 12.8 Å². The van der Waals surface area contributed by atoms with E-state index in [1.54, 1.807) is 0 Å². The summed E-state index contributed by atoms with van der Waals surface area (Å²) in [6, 6.07) is 6.13. The predicted molar refractivity (Wildman–Crippen MR) is 77.3 cm³/mol. The highest BCUT2D eigenvalue weighted by Gasteiger charge is 2.17. The Morgan fingerprint density at radius 2 is 2.11 bits per heavy atom. The number of hydrogen-bond donors (Lipinski definition) is 1. The average Bonchev–Trinajstić information content (AvgIpc) is 2.64. The van der Waals surface area contributed by atoms with E-state index < -0.39 is 0 Å². The molecule has 0 radical (unpaired) electrons. The number of nitrogens with zero attached hydrogens (tertiary/aromatic N) is 1. The SMILES string of the molecule is Cc1ccc(-c2onc(N)c2CC(C)C)cc1Br. The molecule has 2 rings (SSSR count). The number of aryl methyl sites for hydroxylation is 1. The zero-order valence-electron chi connectivity index (χ0n) is 10.8. The first kappa shape index (κ1) is 13.1. The maximum Gasteiger partial charge on any atom is 0.172 e. The van der Waals surface area contributed by atoms with Gasteiger partial charge in [0, 0.05) is 15.6 Å². The minimum atomic E-state index is 0.496. The maximum absolute atomic E-state index is 5.88. The molecule has 1 aromatic heterocycles. The molecule has 0 saturated heterocycles. The summed E-state index contributed by atoms with van der Waals surface area (Å²) in [5.41, 5.74) is 9.08. The summed E-state index contributed by atoms with van der Waals surface area (Å²) >= 11 is 3.53. The molecule has 18 heavy (non-hydrogen) atoms. The second-order valence-electron chi connectivity index (χ2n) is 4.94. The first-order valence-electron chi connectivity index (χ1n) is 5.99. The summed E-state index contributed by atoms with van der Waals surface area (Å²) < 4.78 is 6.44. The third-order valence-corrected chi connectivity index (χ3v) is 3.72. The van der Waals surface area contributed by atoms with Crippen molar-refractivity contribution in [1.82, 2.24) is 5.16 Å². The molecule has 0 amide bonds. The third kappa shape index (κ3) is 2.58. The Morgan fingerprint density at radius 3 is 2.72 bits per heavy atom. The monoisotopic (exact) mass is 308 g/mol. The number of anilines is 1. The van der Waals surface area contributed by atoms with Crippen molar-refractivity contribution in [2.75, 3.05) is 5.73 Å². The lowest BCUT2D eigenvalue weighted by molar-refractivity contribution is 0.434. The van der Waals surface area contributed by atoms with Crippen LogP contribution >= 0.6 is 15.9 Å². The molecule has 4 heteroatoms. The molecular weight excluding hydrogens is 292 g/mol. The Balaban J connectivity index is 2.47. The molecule has 1 aromatic carbocycles. The van der Waals surface area contributed by atoms with Crippen molar-refractivity contribution in [3.05, 3.63) is 33.8 Å². The van der Waals surface area contributed by atoms with Crippen LogP contribution in [0.5, 0.6) is 0 Å². The zero-order valence-corrected chi connectivity index (χ0v) is 12.4. The zero-order chi connectivity index (χ0) is 13.3. The molecule has 96 valence electrons. The summed E-state index contributed by atoms with van der Waals surface area (Å²) in [5, 5.41) is 3.89. The van der Waals surface area contributed by atoms with E-state index >= 15 is 0 Å². The molecule has 0 aliphatic carbocycles. The summed E-state index contributed by atoms with van der Waals surface area (Å²) in [5.74, 6) is 1.79. The van der Waals surface area contributed by atoms with Crippen molar-refractivity contribution < 1.29 is 4.52 Å². The highest BCUT2D eigenvalue weighted by Crippen LogP contribution is 2.32. The number of hydrogen-bond acceptors (Lipinski definition) is 3. The lowest BCUT2D eigenvalue weighted by Gasteiger charge is -2.06. The van der Waals surface area contributed by atoms with Gasteiger partial charge in [-0.15, -0.1) is 0 Å². The predicted octanol–water partition coefficient (Wildman–Crippen LogP) is 4.19. The van der Waals surface area contributed by atoms with Gasteiger partial charge in [-0.05, 0) is 30.9 Å². The molecule has 1 heterocycles. The standard InChI is InChI=1S/C14H17BrN2O/c1-8(2)6-11-13(18-17-14(11)16)10-5-4-9(3)12(15)7-10/h4-5,7-8H,6H2,1-3H3,(H2,16,17). The van der Waals surface area contributed by atoms with Crippen molar-refractivity contribution in [1.29, 1.82) is 0 Å². The van der Waals surface area contributed by atoms with Gasteiger partial charge in [-0.3, -0.25) is 0 Å². The van der Waals surface area contributed by atoms with Crippen LogP contribution in [-0.4, -0.2) is 5.16 Å². The fraction of sp³-hybridized carbons (Fsp3) is 0.357. The molecule has 0 atom stereocenters. The van der Waals surface area contributed by atoms with Crippen LogP contribution in [0.3, 0.4) is 0 Å². The fourth-order valence-electron chi connectivity index (χ4n) is 1.89. The molecular formula is C14H17BrN2O. The van der Waals surface area contributed by atoms with Gasteiger partial charge in [0.25, 0.3) is 0 Å². The van der Waals surface area contributed by atoms with E-state index in [2.05, 4.69) is 47.9 Å². The first-order valence-corrected chi connectivity index (χ1v) is 6.79. The second-order valence-corrected chi connectivity index (χ2v) is 5.79. The van der Waals surface area contributed by atoms with Crippen LogP contribution in [0.2, 0.25) is 0 Å². The lowest BCUT2D eigenvalue weighted by atomic mass is 9.99. The number of aromatic nitrogens is 1. The lowest BCUT2D eigenvalue weighted by Crippen LogP contribution is -1.99. The Bertz CT molecular complexity index is 561. The Kier molecular flexibility index (Phi) is 3.76. The van der Waals surface area contributed by atoms with Crippen molar-refractivity contribution in [2.45, 2.75) is 27.2 Å². The topological polar surface area (TPSA) is 52.0 Å². The van der Waals surface area contributed by atoms with Gasteiger partial charge in [0.1, 0.15) is 0 Å². The highest BCUT2D eigenvalue weighted by atomic mass is 79.9. The molecule has 3 nitrogen and oxygen atoms in total. The number of rotatable bonds is 3. The van der Waals surface area contributed by atoms with Gasteiger partial charge < -0.3 is 10.3 Å². The Labute approximate surface area is 115 Å². The minimum absolute atomic E-state index is 0.496. The van der Waals surface area contributed by atoms with Crippen molar-refractivity contribution in [2.24, 2.45) is 5.92 Å². The Hall–Kier alpha value is -1.29. The van der Waals surface area contributed by atoms with E-state index in [0.717, 1.165) is 27.8 Å². The van der Waals surface area contributed by atoms with Gasteiger partial charge in [-0.25, -0.2) is 0 Å². The number of nitrogens with two attached hydrogens (primary N) is 1. The van der Waals surface area contributed by atoms with E-state index in [-0.39, 0.29) is 0 Å². The minimum Gasteiger partial charge on any atom is -0.381 e. The van der Waals surface area contributed by atoms with Crippen LogP contribution in [0.1, 0.15) is 25.0 Å². The van der Waals surface area contributed by atoms with E-state index in [4.69, 9.17) is 10.3 Å². The van der Waals surface area contributed by atoms with Crippen molar-refractivity contribution in [3.8, 4) is 11.3 Å². The van der Waals surface area contributed by atoms with Gasteiger partial charge in [0.2, 0.25) is 0 Å². The van der Waals surface area contributed by atoms with E-state index in [1.165, 1.54) is 5.56 Å². The molecule has 2 N–H and O–H groups in total. The normalized spacial score (nSPS) is 11.2. The van der Waals surface area contributed by atoms with Gasteiger partial charge >= 0.3 is 0 Å². The van der Waals surface area contributed by atoms with Crippen LogP contribution in [0.4, 0.5) is 5.82 Å². The van der Waals surface area contributed by atoms with Gasteiger partial charge in [0.05, 0.1) is 0 Å². The van der Waals surface area contributed by atoms with Crippen LogP contribution in [-0.2, 0) is 6.42 Å². The largest absolute Gasteiger partial charge is 0.381 e. The molecule has 0 aliphatic heterocycles. The van der Waals surface area contributed by atoms with Crippen LogP contribution < -0.4 is 5.73 Å². The van der Waals surface area contributed by atoms with E-state index in [9.17, 15) is 0 Å². The molecule has 0 aliphatic rings. The van der Waals surface area contributed by atoms with E-state index in [0.29, 0.717) is 11.7 Å². The number of nitrogen functional groups attached to an aromatic ring is 1. The van der Waals surface area contributed by atoms with Gasteiger partial charge in [-0.2, -0.15) is 0 Å². The van der Waals surface area contributed by atoms with Gasteiger partial charge in [-0.1, -0.05) is 47.1 Å². The molecule has 0 fully saturated rings. The maximum atomic E-state index is 5.88. The quantitative estimate of drug-likeness (QED) is 0.924. The second kappa shape index (κ2) is 5.14. The summed E-state index contributed by atoms with van der Waals surface area (Å²) in [6.07, 6.45) is 0.871. The molecule has 0 bridgehead atoms. The Morgan fingerprint density at radius 1 is 1.39 bits per heavy atom. The molecule has 0 spiro atoms. The summed E-state index contributed by atoms with van der Waals surface area (Å²) in [6.45, 7) is 6.36. The summed E-state index contributed by atoms with van der Waals surface area (Å²) in [7, 11) is 0. The average molecular weight is 309 g/mol. The van der Waals surface area contributed by atoms with Crippen molar-refractivity contribution >= 4 is 21.7 Å². The van der Waals surface area contributed by atoms with Crippen molar-refractivity contribution in [3.63, 3.8) is 0 Å². The third-order valence-electron chi connectivity index (χ3n) is 2.86. The molecule has 2 aromatic rings. The van der Waals surface area contributed by atoms with Crippen LogP contribution in [0.15, 0.2) is 27.2 Å². The summed E-state index contributed by atoms with van der Waals surface area (Å²) in [4.78, 5) is 0. The van der Waals surface area contributed by atoms with Gasteiger partial charge in [0.15, 0.2) is 11.6 Å². The highest BCUT2D eigenvalue weighted by molar-refractivity contribution is 9.10. The first-order chi connectivity index (χ1) is 8.49. The molecule has 0 unspecified atom stereocenters. The fourth-order valence-corrected chi connectivity index (χ4v) is 2.27.